The molecule has 0 saturated heterocycles. The summed E-state index contributed by atoms with van der Waals surface area (Å²) in [5, 5.41) is 5.26. The minimum atomic E-state index is -3.21. The lowest BCUT2D eigenvalue weighted by Gasteiger charge is -2.16. The number of thiophene rings is 1. The van der Waals surface area contributed by atoms with Gasteiger partial charge in [-0.15, -0.1) is 11.3 Å². The monoisotopic (exact) mass is 281 g/mol. The van der Waals surface area contributed by atoms with Gasteiger partial charge < -0.3 is 5.32 Å². The van der Waals surface area contributed by atoms with Gasteiger partial charge in [0.2, 0.25) is 0 Å². The Morgan fingerprint density at radius 2 is 1.89 bits per heavy atom. The first-order chi connectivity index (χ1) is 8.48. The summed E-state index contributed by atoms with van der Waals surface area (Å²) >= 11 is 1.65. The van der Waals surface area contributed by atoms with Crippen molar-refractivity contribution < 1.29 is 8.42 Å². The van der Waals surface area contributed by atoms with Gasteiger partial charge in [-0.25, -0.2) is 8.42 Å². The number of sulfone groups is 1. The van der Waals surface area contributed by atoms with Crippen molar-refractivity contribution in [2.45, 2.75) is 17.9 Å². The Morgan fingerprint density at radius 1 is 1.17 bits per heavy atom. The lowest BCUT2D eigenvalue weighted by Crippen LogP contribution is -2.09. The van der Waals surface area contributed by atoms with Crippen molar-refractivity contribution >= 4 is 26.9 Å². The maximum atomic E-state index is 11.7. The van der Waals surface area contributed by atoms with Gasteiger partial charge in [0.25, 0.3) is 0 Å². The normalized spacial score (nSPS) is 13.2. The highest BCUT2D eigenvalue weighted by atomic mass is 32.2. The van der Waals surface area contributed by atoms with Crippen LogP contribution in [0.1, 0.15) is 17.8 Å². The van der Waals surface area contributed by atoms with E-state index in [0.29, 0.717) is 10.6 Å². The van der Waals surface area contributed by atoms with Crippen LogP contribution in [0.15, 0.2) is 46.7 Å². The van der Waals surface area contributed by atoms with Crippen LogP contribution >= 0.6 is 11.3 Å². The molecular formula is C13H15NO2S2. The second-order valence-corrected chi connectivity index (χ2v) is 7.11. The number of hydrogen-bond donors (Lipinski definition) is 1. The number of nitrogens with one attached hydrogen (secondary N) is 1. The largest absolute Gasteiger partial charge is 0.377 e. The standard InChI is InChI=1S/C13H15NO2S2/c1-10(12-7-5-9-17-12)14-11-6-3-4-8-13(11)18(2,15)16/h3-10,14H,1-2H3. The molecule has 0 radical (unpaired) electrons. The number of para-hydroxylation sites is 1. The van der Waals surface area contributed by atoms with Gasteiger partial charge in [-0.2, -0.15) is 0 Å². The van der Waals surface area contributed by atoms with Crippen molar-refractivity contribution in [2.75, 3.05) is 11.6 Å². The number of rotatable bonds is 4. The smallest absolute Gasteiger partial charge is 0.177 e. The fourth-order valence-corrected chi connectivity index (χ4v) is 3.34. The molecule has 1 N–H and O–H groups in total. The highest BCUT2D eigenvalue weighted by molar-refractivity contribution is 7.90. The molecule has 0 aliphatic carbocycles. The summed E-state index contributed by atoms with van der Waals surface area (Å²) in [5.74, 6) is 0. The third kappa shape index (κ3) is 2.91. The fourth-order valence-electron chi connectivity index (χ4n) is 1.75. The molecule has 0 amide bonds. The van der Waals surface area contributed by atoms with Crippen LogP contribution in [0.2, 0.25) is 0 Å². The Bertz CT molecular complexity index is 618. The summed E-state index contributed by atoms with van der Waals surface area (Å²) in [4.78, 5) is 1.52. The van der Waals surface area contributed by atoms with E-state index >= 15 is 0 Å². The molecule has 0 spiro atoms. The zero-order valence-electron chi connectivity index (χ0n) is 10.3. The molecule has 0 aliphatic rings. The molecule has 18 heavy (non-hydrogen) atoms. The number of hydrogen-bond acceptors (Lipinski definition) is 4. The second-order valence-electron chi connectivity index (χ2n) is 4.15. The van der Waals surface area contributed by atoms with Crippen LogP contribution in [0.4, 0.5) is 5.69 Å². The van der Waals surface area contributed by atoms with E-state index in [1.54, 1.807) is 29.5 Å². The SMILES string of the molecule is CC(Nc1ccccc1S(C)(=O)=O)c1cccs1. The Balaban J connectivity index is 2.30. The van der Waals surface area contributed by atoms with Crippen molar-refractivity contribution in [3.05, 3.63) is 46.7 Å². The van der Waals surface area contributed by atoms with Crippen LogP contribution in [0.5, 0.6) is 0 Å². The third-order valence-electron chi connectivity index (χ3n) is 2.63. The third-order valence-corrected chi connectivity index (χ3v) is 4.84. The average molecular weight is 281 g/mol. The highest BCUT2D eigenvalue weighted by Gasteiger charge is 2.14. The van der Waals surface area contributed by atoms with Crippen molar-refractivity contribution in [2.24, 2.45) is 0 Å². The van der Waals surface area contributed by atoms with Gasteiger partial charge in [-0.3, -0.25) is 0 Å². The number of anilines is 1. The Morgan fingerprint density at radius 3 is 2.50 bits per heavy atom. The van der Waals surface area contributed by atoms with Crippen LogP contribution in [0, 0.1) is 0 Å². The quantitative estimate of drug-likeness (QED) is 0.935. The average Bonchev–Trinajstić information content (AvgIpc) is 2.81. The minimum Gasteiger partial charge on any atom is -0.377 e. The maximum absolute atomic E-state index is 11.7. The maximum Gasteiger partial charge on any atom is 0.177 e. The van der Waals surface area contributed by atoms with Gasteiger partial charge in [0.15, 0.2) is 9.84 Å². The van der Waals surface area contributed by atoms with E-state index in [9.17, 15) is 8.42 Å². The molecule has 96 valence electrons. The predicted molar refractivity (Wildman–Crippen MR) is 75.9 cm³/mol. The molecule has 5 heteroatoms. The van der Waals surface area contributed by atoms with Gasteiger partial charge in [0.05, 0.1) is 16.6 Å². The Labute approximate surface area is 111 Å². The molecule has 0 aliphatic heterocycles. The van der Waals surface area contributed by atoms with Crippen LogP contribution < -0.4 is 5.32 Å². The summed E-state index contributed by atoms with van der Waals surface area (Å²) in [7, 11) is -3.21. The number of benzene rings is 1. The summed E-state index contributed by atoms with van der Waals surface area (Å²) < 4.78 is 23.4. The van der Waals surface area contributed by atoms with Crippen LogP contribution in [-0.4, -0.2) is 14.7 Å². The molecule has 1 atom stereocenters. The van der Waals surface area contributed by atoms with E-state index in [0.717, 1.165) is 0 Å². The van der Waals surface area contributed by atoms with Crippen LogP contribution in [0.25, 0.3) is 0 Å². The molecule has 1 heterocycles. The summed E-state index contributed by atoms with van der Waals surface area (Å²) in [6, 6.07) is 11.1. The molecule has 1 unspecified atom stereocenters. The molecule has 2 rings (SSSR count). The molecule has 0 saturated carbocycles. The van der Waals surface area contributed by atoms with Gasteiger partial charge in [-0.05, 0) is 30.5 Å². The zero-order chi connectivity index (χ0) is 13.2. The lowest BCUT2D eigenvalue weighted by molar-refractivity contribution is 0.602. The van der Waals surface area contributed by atoms with E-state index < -0.39 is 9.84 Å². The molecule has 0 bridgehead atoms. The highest BCUT2D eigenvalue weighted by Crippen LogP contribution is 2.27. The van der Waals surface area contributed by atoms with Gasteiger partial charge in [-0.1, -0.05) is 18.2 Å². The molecular weight excluding hydrogens is 266 g/mol. The fraction of sp³-hybridized carbons (Fsp3) is 0.231. The van der Waals surface area contributed by atoms with E-state index in [4.69, 9.17) is 0 Å². The molecule has 1 aromatic heterocycles. The zero-order valence-corrected chi connectivity index (χ0v) is 11.9. The molecule has 2 aromatic rings. The van der Waals surface area contributed by atoms with E-state index in [1.807, 2.05) is 30.5 Å². The Hall–Kier alpha value is -1.33. The molecule has 3 nitrogen and oxygen atoms in total. The lowest BCUT2D eigenvalue weighted by atomic mass is 10.2. The van der Waals surface area contributed by atoms with Crippen molar-refractivity contribution in [3.63, 3.8) is 0 Å². The van der Waals surface area contributed by atoms with Crippen LogP contribution in [0.3, 0.4) is 0 Å². The van der Waals surface area contributed by atoms with E-state index in [1.165, 1.54) is 11.1 Å². The van der Waals surface area contributed by atoms with Crippen molar-refractivity contribution in [3.8, 4) is 0 Å². The summed E-state index contributed by atoms with van der Waals surface area (Å²) in [6.07, 6.45) is 1.23. The predicted octanol–water partition coefficient (Wildman–Crippen LogP) is 3.32. The van der Waals surface area contributed by atoms with E-state index in [2.05, 4.69) is 5.32 Å². The van der Waals surface area contributed by atoms with Crippen molar-refractivity contribution in [1.29, 1.82) is 0 Å². The van der Waals surface area contributed by atoms with Gasteiger partial charge >= 0.3 is 0 Å². The summed E-state index contributed by atoms with van der Waals surface area (Å²) in [6.45, 7) is 2.02. The first-order valence-corrected chi connectivity index (χ1v) is 8.34. The first kappa shape index (κ1) is 13.1. The first-order valence-electron chi connectivity index (χ1n) is 5.57. The molecule has 0 fully saturated rings. The second kappa shape index (κ2) is 5.12. The minimum absolute atomic E-state index is 0.0906. The van der Waals surface area contributed by atoms with Crippen molar-refractivity contribution in [1.82, 2.24) is 0 Å². The Kier molecular flexibility index (Phi) is 3.73. The topological polar surface area (TPSA) is 46.2 Å². The molecule has 1 aromatic carbocycles. The van der Waals surface area contributed by atoms with Crippen LogP contribution in [-0.2, 0) is 9.84 Å². The van der Waals surface area contributed by atoms with Gasteiger partial charge in [0, 0.05) is 11.1 Å². The van der Waals surface area contributed by atoms with E-state index in [-0.39, 0.29) is 6.04 Å². The van der Waals surface area contributed by atoms with Gasteiger partial charge in [0.1, 0.15) is 0 Å². The summed E-state index contributed by atoms with van der Waals surface area (Å²) in [5.41, 5.74) is 0.654.